The number of nitrogens with one attached hydrogen (secondary N) is 2. The van der Waals surface area contributed by atoms with Gasteiger partial charge in [0.05, 0.1) is 11.3 Å². The summed E-state index contributed by atoms with van der Waals surface area (Å²) >= 11 is 0. The first-order valence-corrected chi connectivity index (χ1v) is 6.78. The minimum atomic E-state index is -1.46. The van der Waals surface area contributed by atoms with Gasteiger partial charge in [0.1, 0.15) is 0 Å². The molecule has 0 aliphatic carbocycles. The van der Waals surface area contributed by atoms with Gasteiger partial charge in [-0.3, -0.25) is 0 Å². The maximum Gasteiger partial charge on any atom is 0.338 e. The third-order valence-electron chi connectivity index (χ3n) is 4.15. The highest BCUT2D eigenvalue weighted by atomic mass is 19.2. The van der Waals surface area contributed by atoms with Crippen LogP contribution >= 0.6 is 0 Å². The maximum absolute atomic E-state index is 13.9. The number of fused-ring (bicyclic) bond motifs is 2. The van der Waals surface area contributed by atoms with Crippen LogP contribution in [0, 0.1) is 11.6 Å². The van der Waals surface area contributed by atoms with Crippen LogP contribution in [0.5, 0.6) is 0 Å². The fourth-order valence-electron chi connectivity index (χ4n) is 3.22. The summed E-state index contributed by atoms with van der Waals surface area (Å²) in [5, 5.41) is 15.2. The van der Waals surface area contributed by atoms with Crippen LogP contribution in [-0.2, 0) is 0 Å². The molecule has 2 unspecified atom stereocenters. The standard InChI is InChI=1S/C14H16F2N2O2/c15-12-10(14(19)20)3-4-11(13(12)16)18-9-5-7-1-2-8(6-9)17-7/h3-4,7-9,17-18H,1-2,5-6H2,(H,19,20). The highest BCUT2D eigenvalue weighted by Crippen LogP contribution is 2.30. The summed E-state index contributed by atoms with van der Waals surface area (Å²) in [7, 11) is 0. The second-order valence-corrected chi connectivity index (χ2v) is 5.54. The van der Waals surface area contributed by atoms with Crippen molar-refractivity contribution in [3.8, 4) is 0 Å². The molecule has 3 rings (SSSR count). The Bertz CT molecular complexity index is 538. The largest absolute Gasteiger partial charge is 0.478 e. The Balaban J connectivity index is 1.78. The lowest BCUT2D eigenvalue weighted by molar-refractivity contribution is 0.0690. The fourth-order valence-corrected chi connectivity index (χ4v) is 3.22. The number of hydrogen-bond acceptors (Lipinski definition) is 3. The van der Waals surface area contributed by atoms with Gasteiger partial charge in [-0.15, -0.1) is 0 Å². The molecular formula is C14H16F2N2O2. The maximum atomic E-state index is 13.9. The number of hydrogen-bond donors (Lipinski definition) is 3. The number of carboxylic acids is 1. The van der Waals surface area contributed by atoms with Crippen LogP contribution < -0.4 is 10.6 Å². The first-order chi connectivity index (χ1) is 9.54. The molecule has 2 atom stereocenters. The van der Waals surface area contributed by atoms with E-state index in [4.69, 9.17) is 5.11 Å². The summed E-state index contributed by atoms with van der Waals surface area (Å²) in [5.41, 5.74) is -0.600. The summed E-state index contributed by atoms with van der Waals surface area (Å²) in [6.07, 6.45) is 3.99. The van der Waals surface area contributed by atoms with E-state index in [0.29, 0.717) is 12.1 Å². The quantitative estimate of drug-likeness (QED) is 0.796. The average Bonchev–Trinajstić information content (AvgIpc) is 2.74. The van der Waals surface area contributed by atoms with Crippen LogP contribution in [0.25, 0.3) is 0 Å². The number of anilines is 1. The topological polar surface area (TPSA) is 61.4 Å². The molecule has 0 amide bonds. The number of carbonyl (C=O) groups is 1. The molecule has 1 aromatic carbocycles. The van der Waals surface area contributed by atoms with Gasteiger partial charge < -0.3 is 15.7 Å². The van der Waals surface area contributed by atoms with Crippen LogP contribution in [-0.4, -0.2) is 29.2 Å². The van der Waals surface area contributed by atoms with Crippen molar-refractivity contribution in [1.82, 2.24) is 5.32 Å². The van der Waals surface area contributed by atoms with E-state index in [0.717, 1.165) is 31.7 Å². The normalized spacial score (nSPS) is 28.4. The van der Waals surface area contributed by atoms with Crippen LogP contribution in [0.2, 0.25) is 0 Å². The highest BCUT2D eigenvalue weighted by molar-refractivity contribution is 5.88. The van der Waals surface area contributed by atoms with Gasteiger partial charge in [-0.2, -0.15) is 0 Å². The van der Waals surface area contributed by atoms with E-state index in [1.807, 2.05) is 0 Å². The van der Waals surface area contributed by atoms with Gasteiger partial charge in [-0.1, -0.05) is 0 Å². The summed E-state index contributed by atoms with van der Waals surface area (Å²) < 4.78 is 27.5. The zero-order valence-corrected chi connectivity index (χ0v) is 10.8. The van der Waals surface area contributed by atoms with Gasteiger partial charge >= 0.3 is 5.97 Å². The summed E-state index contributed by atoms with van der Waals surface area (Å²) in [5.74, 6) is -3.89. The Morgan fingerprint density at radius 1 is 1.20 bits per heavy atom. The van der Waals surface area contributed by atoms with E-state index in [-0.39, 0.29) is 11.7 Å². The number of carboxylic acid groups (broad SMARTS) is 1. The van der Waals surface area contributed by atoms with Gasteiger partial charge in [0, 0.05) is 18.1 Å². The Morgan fingerprint density at radius 2 is 1.85 bits per heavy atom. The summed E-state index contributed by atoms with van der Waals surface area (Å²) in [4.78, 5) is 10.7. The molecule has 0 radical (unpaired) electrons. The molecule has 2 bridgehead atoms. The monoisotopic (exact) mass is 282 g/mol. The van der Waals surface area contributed by atoms with Gasteiger partial charge in [-0.05, 0) is 37.8 Å². The van der Waals surface area contributed by atoms with Crippen molar-refractivity contribution in [3.63, 3.8) is 0 Å². The summed E-state index contributed by atoms with van der Waals surface area (Å²) in [6.45, 7) is 0. The Kier molecular flexibility index (Phi) is 3.33. The molecule has 4 nitrogen and oxygen atoms in total. The number of rotatable bonds is 3. The SMILES string of the molecule is O=C(O)c1ccc(NC2CC3CCC(C2)N3)c(F)c1F. The lowest BCUT2D eigenvalue weighted by atomic mass is 9.99. The Hall–Kier alpha value is -1.69. The van der Waals surface area contributed by atoms with Crippen LogP contribution in [0.1, 0.15) is 36.0 Å². The highest BCUT2D eigenvalue weighted by Gasteiger charge is 2.33. The van der Waals surface area contributed by atoms with E-state index < -0.39 is 23.2 Å². The molecule has 2 aliphatic heterocycles. The van der Waals surface area contributed by atoms with Crippen molar-refractivity contribution in [3.05, 3.63) is 29.3 Å². The molecule has 0 aromatic heterocycles. The van der Waals surface area contributed by atoms with E-state index in [1.54, 1.807) is 0 Å². The Morgan fingerprint density at radius 3 is 2.45 bits per heavy atom. The first-order valence-electron chi connectivity index (χ1n) is 6.78. The minimum Gasteiger partial charge on any atom is -0.478 e. The molecule has 6 heteroatoms. The van der Waals surface area contributed by atoms with Gasteiger partial charge in [-0.25, -0.2) is 13.6 Å². The molecule has 2 fully saturated rings. The number of halogens is 2. The second-order valence-electron chi connectivity index (χ2n) is 5.54. The molecular weight excluding hydrogens is 266 g/mol. The third-order valence-corrected chi connectivity index (χ3v) is 4.15. The van der Waals surface area contributed by atoms with Crippen molar-refractivity contribution in [2.45, 2.75) is 43.8 Å². The smallest absolute Gasteiger partial charge is 0.338 e. The third kappa shape index (κ3) is 2.35. The number of benzene rings is 1. The zero-order valence-electron chi connectivity index (χ0n) is 10.8. The van der Waals surface area contributed by atoms with Crippen molar-refractivity contribution < 1.29 is 18.7 Å². The van der Waals surface area contributed by atoms with Crippen molar-refractivity contribution in [2.75, 3.05) is 5.32 Å². The number of piperidine rings is 1. The molecule has 0 spiro atoms. The van der Waals surface area contributed by atoms with Gasteiger partial charge in [0.25, 0.3) is 0 Å². The second kappa shape index (κ2) is 5.01. The predicted octanol–water partition coefficient (Wildman–Crippen LogP) is 2.36. The van der Waals surface area contributed by atoms with Crippen molar-refractivity contribution >= 4 is 11.7 Å². The average molecular weight is 282 g/mol. The molecule has 20 heavy (non-hydrogen) atoms. The molecule has 1 aromatic rings. The van der Waals surface area contributed by atoms with Crippen LogP contribution in [0.15, 0.2) is 12.1 Å². The van der Waals surface area contributed by atoms with E-state index in [1.165, 1.54) is 6.07 Å². The van der Waals surface area contributed by atoms with E-state index in [2.05, 4.69) is 10.6 Å². The molecule has 2 saturated heterocycles. The minimum absolute atomic E-state index is 0.0406. The predicted molar refractivity (Wildman–Crippen MR) is 69.9 cm³/mol. The van der Waals surface area contributed by atoms with E-state index in [9.17, 15) is 13.6 Å². The lowest BCUT2D eigenvalue weighted by Gasteiger charge is -2.30. The molecule has 2 aliphatic rings. The molecule has 0 saturated carbocycles. The van der Waals surface area contributed by atoms with Crippen LogP contribution in [0.3, 0.4) is 0 Å². The van der Waals surface area contributed by atoms with E-state index >= 15 is 0 Å². The lowest BCUT2D eigenvalue weighted by Crippen LogP contribution is -2.43. The van der Waals surface area contributed by atoms with Gasteiger partial charge in [0.2, 0.25) is 0 Å². The van der Waals surface area contributed by atoms with Gasteiger partial charge in [0.15, 0.2) is 11.6 Å². The molecule has 3 N–H and O–H groups in total. The zero-order chi connectivity index (χ0) is 14.3. The fraction of sp³-hybridized carbons (Fsp3) is 0.500. The molecule has 108 valence electrons. The number of aromatic carboxylic acids is 1. The van der Waals surface area contributed by atoms with Crippen molar-refractivity contribution in [2.24, 2.45) is 0 Å². The summed E-state index contributed by atoms with van der Waals surface area (Å²) in [6, 6.07) is 3.37. The molecule has 2 heterocycles. The van der Waals surface area contributed by atoms with Crippen LogP contribution in [0.4, 0.5) is 14.5 Å². The Labute approximate surface area is 115 Å². The first kappa shape index (κ1) is 13.3. The van der Waals surface area contributed by atoms with Crippen molar-refractivity contribution in [1.29, 1.82) is 0 Å².